The van der Waals surface area contributed by atoms with Crippen molar-refractivity contribution in [1.29, 1.82) is 0 Å². The van der Waals surface area contributed by atoms with E-state index in [9.17, 15) is 29.3 Å². The second kappa shape index (κ2) is 10.1. The van der Waals surface area contributed by atoms with Gasteiger partial charge in [0.15, 0.2) is 0 Å². The van der Waals surface area contributed by atoms with Gasteiger partial charge >= 0.3 is 0 Å². The van der Waals surface area contributed by atoms with Gasteiger partial charge in [0.05, 0.1) is 16.1 Å². The number of carbonyl (C=O) groups is 4. The molecule has 0 atom stereocenters. The lowest BCUT2D eigenvalue weighted by molar-refractivity contribution is -0.384. The van der Waals surface area contributed by atoms with Crippen molar-refractivity contribution < 1.29 is 24.1 Å². The zero-order chi connectivity index (χ0) is 22.4. The molecule has 0 unspecified atom stereocenters. The fourth-order valence-electron chi connectivity index (χ4n) is 4.04. The lowest BCUT2D eigenvalue weighted by Gasteiger charge is -2.21. The number of hydrogen-bond donors (Lipinski definition) is 2. The van der Waals surface area contributed by atoms with Gasteiger partial charge in [-0.1, -0.05) is 32.1 Å². The molecule has 2 aliphatic rings. The summed E-state index contributed by atoms with van der Waals surface area (Å²) in [6.45, 7) is -0.0675. The summed E-state index contributed by atoms with van der Waals surface area (Å²) < 4.78 is 0. The SMILES string of the molecule is O=C(CCC1CCCCC1)NCCNC(=O)CN1C(=O)c2ccc([N+](=O)[O-])cc2C1=O. The average molecular weight is 430 g/mol. The molecule has 0 spiro atoms. The average Bonchev–Trinajstić information content (AvgIpc) is 3.00. The minimum absolute atomic E-state index is 0.0358. The summed E-state index contributed by atoms with van der Waals surface area (Å²) in [5, 5.41) is 16.2. The molecule has 1 aliphatic heterocycles. The summed E-state index contributed by atoms with van der Waals surface area (Å²) in [6, 6.07) is 3.40. The number of imide groups is 1. The van der Waals surface area contributed by atoms with Crippen LogP contribution in [0.15, 0.2) is 18.2 Å². The molecular weight excluding hydrogens is 404 g/mol. The summed E-state index contributed by atoms with van der Waals surface area (Å²) in [6.07, 6.45) is 7.49. The maximum atomic E-state index is 12.4. The summed E-state index contributed by atoms with van der Waals surface area (Å²) in [4.78, 5) is 59.7. The molecule has 166 valence electrons. The van der Waals surface area contributed by atoms with Gasteiger partial charge in [0.25, 0.3) is 17.5 Å². The molecule has 0 saturated heterocycles. The standard InChI is InChI=1S/C21H26N4O6/c26-18(9-6-14-4-2-1-3-5-14)22-10-11-23-19(27)13-24-20(28)16-8-7-15(25(30)31)12-17(16)21(24)29/h7-8,12,14H,1-6,9-11,13H2,(H,22,26)(H,23,27). The summed E-state index contributed by atoms with van der Waals surface area (Å²) in [7, 11) is 0. The molecule has 4 amide bonds. The fraction of sp³-hybridized carbons (Fsp3) is 0.524. The molecule has 10 nitrogen and oxygen atoms in total. The maximum absolute atomic E-state index is 12.4. The van der Waals surface area contributed by atoms with E-state index in [1.807, 2.05) is 0 Å². The molecule has 1 saturated carbocycles. The minimum Gasteiger partial charge on any atom is -0.354 e. The van der Waals surface area contributed by atoms with E-state index >= 15 is 0 Å². The third kappa shape index (κ3) is 5.65. The van der Waals surface area contributed by atoms with Crippen LogP contribution in [0.5, 0.6) is 0 Å². The number of nitro groups is 1. The Morgan fingerprint density at radius 2 is 1.65 bits per heavy atom. The van der Waals surface area contributed by atoms with Crippen molar-refractivity contribution in [3.63, 3.8) is 0 Å². The highest BCUT2D eigenvalue weighted by Gasteiger charge is 2.37. The summed E-state index contributed by atoms with van der Waals surface area (Å²) >= 11 is 0. The first-order valence-electron chi connectivity index (χ1n) is 10.5. The van der Waals surface area contributed by atoms with E-state index in [2.05, 4.69) is 10.6 Å². The van der Waals surface area contributed by atoms with Crippen molar-refractivity contribution >= 4 is 29.3 Å². The Labute approximate surface area is 179 Å². The van der Waals surface area contributed by atoms with Crippen LogP contribution in [0.25, 0.3) is 0 Å². The number of benzene rings is 1. The molecule has 10 heteroatoms. The minimum atomic E-state index is -0.741. The number of nitrogens with zero attached hydrogens (tertiary/aromatic N) is 2. The molecule has 0 radical (unpaired) electrons. The Balaban J connectivity index is 1.38. The number of fused-ring (bicyclic) bond motifs is 1. The van der Waals surface area contributed by atoms with Crippen LogP contribution in [-0.4, -0.2) is 53.1 Å². The Bertz CT molecular complexity index is 894. The molecule has 1 fully saturated rings. The van der Waals surface area contributed by atoms with E-state index in [4.69, 9.17) is 0 Å². The van der Waals surface area contributed by atoms with Crippen LogP contribution in [0.1, 0.15) is 65.7 Å². The second-order valence-corrected chi connectivity index (χ2v) is 7.93. The van der Waals surface area contributed by atoms with Crippen molar-refractivity contribution in [3.8, 4) is 0 Å². The first-order chi connectivity index (χ1) is 14.9. The number of nitrogens with one attached hydrogen (secondary N) is 2. The van der Waals surface area contributed by atoms with Crippen LogP contribution in [0, 0.1) is 16.0 Å². The van der Waals surface area contributed by atoms with Gasteiger partial charge < -0.3 is 10.6 Å². The molecular formula is C21H26N4O6. The first-order valence-corrected chi connectivity index (χ1v) is 10.5. The third-order valence-electron chi connectivity index (χ3n) is 5.74. The quantitative estimate of drug-likeness (QED) is 0.265. The highest BCUT2D eigenvalue weighted by Crippen LogP contribution is 2.27. The van der Waals surface area contributed by atoms with E-state index in [-0.39, 0.29) is 35.8 Å². The van der Waals surface area contributed by atoms with Gasteiger partial charge in [-0.15, -0.1) is 0 Å². The van der Waals surface area contributed by atoms with E-state index < -0.39 is 29.2 Å². The van der Waals surface area contributed by atoms with Gasteiger partial charge in [0, 0.05) is 31.6 Å². The maximum Gasteiger partial charge on any atom is 0.270 e. The van der Waals surface area contributed by atoms with Gasteiger partial charge in [-0.25, -0.2) is 0 Å². The predicted octanol–water partition coefficient (Wildman–Crippen LogP) is 1.78. The number of nitro benzene ring substituents is 1. The van der Waals surface area contributed by atoms with Crippen molar-refractivity contribution in [2.45, 2.75) is 44.9 Å². The molecule has 1 aromatic rings. The number of hydrogen-bond acceptors (Lipinski definition) is 6. The Morgan fingerprint density at radius 3 is 2.32 bits per heavy atom. The first kappa shape index (κ1) is 22.4. The molecule has 1 aliphatic carbocycles. The lowest BCUT2D eigenvalue weighted by Crippen LogP contribution is -2.42. The molecule has 3 rings (SSSR count). The van der Waals surface area contributed by atoms with Crippen LogP contribution in [-0.2, 0) is 9.59 Å². The molecule has 31 heavy (non-hydrogen) atoms. The highest BCUT2D eigenvalue weighted by molar-refractivity contribution is 6.22. The Hall–Kier alpha value is -3.30. The van der Waals surface area contributed by atoms with Crippen LogP contribution in [0.2, 0.25) is 0 Å². The van der Waals surface area contributed by atoms with E-state index in [1.54, 1.807) is 0 Å². The smallest absolute Gasteiger partial charge is 0.270 e. The largest absolute Gasteiger partial charge is 0.354 e. The number of non-ortho nitro benzene ring substituents is 1. The Morgan fingerprint density at radius 1 is 1.00 bits per heavy atom. The van der Waals surface area contributed by atoms with Crippen LogP contribution in [0.4, 0.5) is 5.69 Å². The van der Waals surface area contributed by atoms with Gasteiger partial charge in [-0.05, 0) is 18.4 Å². The summed E-state index contributed by atoms with van der Waals surface area (Å²) in [5.74, 6) is -1.39. The van der Waals surface area contributed by atoms with Crippen molar-refractivity contribution in [2.24, 2.45) is 5.92 Å². The Kier molecular flexibility index (Phi) is 7.32. The van der Waals surface area contributed by atoms with E-state index in [0.29, 0.717) is 12.3 Å². The molecule has 0 bridgehead atoms. The van der Waals surface area contributed by atoms with Gasteiger partial charge in [0.2, 0.25) is 11.8 Å². The van der Waals surface area contributed by atoms with Crippen LogP contribution >= 0.6 is 0 Å². The third-order valence-corrected chi connectivity index (χ3v) is 5.74. The molecule has 0 aromatic heterocycles. The fourth-order valence-corrected chi connectivity index (χ4v) is 4.04. The molecule has 2 N–H and O–H groups in total. The zero-order valence-corrected chi connectivity index (χ0v) is 17.2. The molecule has 1 heterocycles. The van der Waals surface area contributed by atoms with Gasteiger partial charge in [-0.2, -0.15) is 0 Å². The second-order valence-electron chi connectivity index (χ2n) is 7.93. The van der Waals surface area contributed by atoms with E-state index in [0.717, 1.165) is 23.5 Å². The van der Waals surface area contributed by atoms with Gasteiger partial charge in [-0.3, -0.25) is 34.2 Å². The lowest BCUT2D eigenvalue weighted by atomic mass is 9.86. The number of rotatable bonds is 9. The van der Waals surface area contributed by atoms with Gasteiger partial charge in [0.1, 0.15) is 6.54 Å². The normalized spacial score (nSPS) is 16.2. The zero-order valence-electron chi connectivity index (χ0n) is 17.2. The predicted molar refractivity (Wildman–Crippen MR) is 110 cm³/mol. The van der Waals surface area contributed by atoms with Crippen LogP contribution in [0.3, 0.4) is 0 Å². The monoisotopic (exact) mass is 430 g/mol. The topological polar surface area (TPSA) is 139 Å². The summed E-state index contributed by atoms with van der Waals surface area (Å²) in [5.41, 5.74) is -0.351. The number of carbonyl (C=O) groups excluding carboxylic acids is 4. The van der Waals surface area contributed by atoms with E-state index in [1.165, 1.54) is 38.2 Å². The number of amides is 4. The van der Waals surface area contributed by atoms with Crippen molar-refractivity contribution in [1.82, 2.24) is 15.5 Å². The highest BCUT2D eigenvalue weighted by atomic mass is 16.6. The van der Waals surface area contributed by atoms with Crippen LogP contribution < -0.4 is 10.6 Å². The van der Waals surface area contributed by atoms with Crippen molar-refractivity contribution in [3.05, 3.63) is 39.4 Å². The molecule has 1 aromatic carbocycles. The van der Waals surface area contributed by atoms with Crippen molar-refractivity contribution in [2.75, 3.05) is 19.6 Å².